The summed E-state index contributed by atoms with van der Waals surface area (Å²) in [6.07, 6.45) is 21.8. The minimum Gasteiger partial charge on any atom is -0.490 e. The maximum absolute atomic E-state index is 12.4. The second kappa shape index (κ2) is 26.3. The van der Waals surface area contributed by atoms with E-state index in [4.69, 9.17) is 23.7 Å². The van der Waals surface area contributed by atoms with Gasteiger partial charge in [0.05, 0.1) is 33.0 Å². The largest absolute Gasteiger partial charge is 0.490 e. The Bertz CT molecular complexity index is 835. The third-order valence-corrected chi connectivity index (χ3v) is 7.02. The Balaban J connectivity index is 3.47. The molecule has 1 aromatic rings. The first-order valence-corrected chi connectivity index (χ1v) is 17.2. The smallest absolute Gasteiger partial charge is 0.330 e. The number of esters is 1. The van der Waals surface area contributed by atoms with E-state index < -0.39 is 0 Å². The molecule has 1 aromatic carbocycles. The Kier molecular flexibility index (Phi) is 23.6. The molecule has 0 aliphatic rings. The molecule has 0 atom stereocenters. The van der Waals surface area contributed by atoms with E-state index in [1.54, 1.807) is 6.08 Å². The van der Waals surface area contributed by atoms with Gasteiger partial charge in [0.2, 0.25) is 11.5 Å². The van der Waals surface area contributed by atoms with Crippen molar-refractivity contribution in [3.05, 3.63) is 17.7 Å². The fourth-order valence-corrected chi connectivity index (χ4v) is 4.49. The summed E-state index contributed by atoms with van der Waals surface area (Å²) in [5.41, 5.74) is 0.740. The van der Waals surface area contributed by atoms with Crippen LogP contribution < -0.4 is 18.9 Å². The molecule has 0 amide bonds. The number of carbonyl (C=O) groups excluding carboxylic acids is 1. The number of hydrogen-bond donors (Lipinski definition) is 0. The van der Waals surface area contributed by atoms with Gasteiger partial charge in [-0.25, -0.2) is 4.79 Å². The fraction of sp³-hybridized carbons (Fsp3) is 0.750. The van der Waals surface area contributed by atoms with Crippen LogP contribution in [-0.2, 0) is 9.53 Å². The molecule has 0 aliphatic carbocycles. The SMILES string of the molecule is CCCCCCOc1cc(C=CC(=O)OCCC)c(OCCCCCC)c(OCCCCCC)c1OCCCCCC. The van der Waals surface area contributed by atoms with E-state index in [9.17, 15) is 4.79 Å². The zero-order chi connectivity index (χ0) is 30.7. The number of unbranched alkanes of at least 4 members (excludes halogenated alkanes) is 12. The summed E-state index contributed by atoms with van der Waals surface area (Å²) in [5.74, 6) is 2.09. The third kappa shape index (κ3) is 16.9. The average Bonchev–Trinajstić information content (AvgIpc) is 2.99. The third-order valence-electron chi connectivity index (χ3n) is 7.02. The zero-order valence-corrected chi connectivity index (χ0v) is 27.7. The Morgan fingerprint density at radius 3 is 1.45 bits per heavy atom. The second-order valence-corrected chi connectivity index (χ2v) is 11.1. The van der Waals surface area contributed by atoms with Crippen molar-refractivity contribution in [2.75, 3.05) is 33.0 Å². The highest BCUT2D eigenvalue weighted by atomic mass is 16.6. The number of benzene rings is 1. The summed E-state index contributed by atoms with van der Waals surface area (Å²) in [6.45, 7) is 13.5. The van der Waals surface area contributed by atoms with Gasteiger partial charge < -0.3 is 23.7 Å². The van der Waals surface area contributed by atoms with Crippen LogP contribution in [0.1, 0.15) is 149 Å². The average molecular weight is 591 g/mol. The Morgan fingerprint density at radius 2 is 0.976 bits per heavy atom. The summed E-state index contributed by atoms with van der Waals surface area (Å²) in [7, 11) is 0. The quantitative estimate of drug-likeness (QED) is 0.0549. The fourth-order valence-electron chi connectivity index (χ4n) is 4.49. The van der Waals surface area contributed by atoms with Gasteiger partial charge in [-0.3, -0.25) is 0 Å². The van der Waals surface area contributed by atoms with Gasteiger partial charge in [-0.1, -0.05) is 112 Å². The molecule has 242 valence electrons. The molecule has 0 saturated carbocycles. The Labute approximate surface area is 257 Å². The molecule has 1 rings (SSSR count). The Morgan fingerprint density at radius 1 is 0.524 bits per heavy atom. The minimum atomic E-state index is -0.369. The highest BCUT2D eigenvalue weighted by Gasteiger charge is 2.23. The lowest BCUT2D eigenvalue weighted by Crippen LogP contribution is -2.10. The second-order valence-electron chi connectivity index (χ2n) is 11.1. The number of rotatable bonds is 28. The summed E-state index contributed by atoms with van der Waals surface area (Å²) >= 11 is 0. The zero-order valence-electron chi connectivity index (χ0n) is 27.7. The lowest BCUT2D eigenvalue weighted by molar-refractivity contribution is -0.137. The number of hydrogen-bond acceptors (Lipinski definition) is 6. The van der Waals surface area contributed by atoms with Gasteiger partial charge in [-0.2, -0.15) is 0 Å². The van der Waals surface area contributed by atoms with Crippen LogP contribution in [0.3, 0.4) is 0 Å². The maximum atomic E-state index is 12.4. The van der Waals surface area contributed by atoms with Crippen molar-refractivity contribution >= 4 is 12.0 Å². The molecule has 0 aliphatic heterocycles. The van der Waals surface area contributed by atoms with Gasteiger partial charge in [-0.15, -0.1) is 0 Å². The van der Waals surface area contributed by atoms with Crippen molar-refractivity contribution in [2.24, 2.45) is 0 Å². The molecule has 0 bridgehead atoms. The molecular weight excluding hydrogens is 528 g/mol. The molecule has 0 radical (unpaired) electrons. The number of ether oxygens (including phenoxy) is 5. The highest BCUT2D eigenvalue weighted by molar-refractivity contribution is 5.88. The summed E-state index contributed by atoms with van der Waals surface area (Å²) in [5, 5.41) is 0. The van der Waals surface area contributed by atoms with Crippen LogP contribution in [0.15, 0.2) is 12.1 Å². The maximum Gasteiger partial charge on any atom is 0.330 e. The predicted octanol–water partition coefficient (Wildman–Crippen LogP) is 10.5. The molecule has 6 nitrogen and oxygen atoms in total. The van der Waals surface area contributed by atoms with Crippen LogP contribution >= 0.6 is 0 Å². The topological polar surface area (TPSA) is 63.2 Å². The van der Waals surface area contributed by atoms with Crippen molar-refractivity contribution in [1.82, 2.24) is 0 Å². The van der Waals surface area contributed by atoms with Crippen LogP contribution in [0.25, 0.3) is 6.08 Å². The van der Waals surface area contributed by atoms with Gasteiger partial charge in [0.15, 0.2) is 11.5 Å². The van der Waals surface area contributed by atoms with E-state index in [2.05, 4.69) is 27.7 Å². The molecule has 0 N–H and O–H groups in total. The van der Waals surface area contributed by atoms with E-state index in [1.165, 1.54) is 57.4 Å². The normalized spacial score (nSPS) is 11.2. The standard InChI is InChI=1S/C36H62O6/c1-6-11-15-19-26-38-32-30-31(23-24-33(37)39-25-10-5)34(40-27-20-16-12-7-2)36(42-29-22-18-14-9-4)35(32)41-28-21-17-13-8-3/h23-24,30H,6-22,25-29H2,1-5H3. The summed E-state index contributed by atoms with van der Waals surface area (Å²) < 4.78 is 31.0. The van der Waals surface area contributed by atoms with Gasteiger partial charge in [-0.05, 0) is 44.2 Å². The molecule has 0 heterocycles. The molecule has 0 fully saturated rings. The Hall–Kier alpha value is -2.37. The summed E-state index contributed by atoms with van der Waals surface area (Å²) in [4.78, 5) is 12.4. The van der Waals surface area contributed by atoms with E-state index in [-0.39, 0.29) is 5.97 Å². The van der Waals surface area contributed by atoms with Crippen LogP contribution in [0.4, 0.5) is 0 Å². The highest BCUT2D eigenvalue weighted by Crippen LogP contribution is 2.48. The first kappa shape index (κ1) is 37.7. The van der Waals surface area contributed by atoms with E-state index >= 15 is 0 Å². The minimum absolute atomic E-state index is 0.369. The first-order chi connectivity index (χ1) is 20.6. The molecule has 42 heavy (non-hydrogen) atoms. The van der Waals surface area contributed by atoms with Crippen molar-refractivity contribution in [3.8, 4) is 23.0 Å². The van der Waals surface area contributed by atoms with E-state index in [1.807, 2.05) is 13.0 Å². The lowest BCUT2D eigenvalue weighted by atomic mass is 10.1. The van der Waals surface area contributed by atoms with Crippen molar-refractivity contribution in [1.29, 1.82) is 0 Å². The van der Waals surface area contributed by atoms with Crippen LogP contribution in [0.5, 0.6) is 23.0 Å². The van der Waals surface area contributed by atoms with Gasteiger partial charge >= 0.3 is 5.97 Å². The number of carbonyl (C=O) groups is 1. The van der Waals surface area contributed by atoms with Crippen LogP contribution in [0.2, 0.25) is 0 Å². The van der Waals surface area contributed by atoms with E-state index in [0.29, 0.717) is 56.0 Å². The van der Waals surface area contributed by atoms with Crippen molar-refractivity contribution in [3.63, 3.8) is 0 Å². The van der Waals surface area contributed by atoms with Gasteiger partial charge in [0.25, 0.3) is 0 Å². The van der Waals surface area contributed by atoms with Gasteiger partial charge in [0, 0.05) is 11.6 Å². The van der Waals surface area contributed by atoms with E-state index in [0.717, 1.165) is 63.4 Å². The molecule has 0 aromatic heterocycles. The molecule has 0 spiro atoms. The van der Waals surface area contributed by atoms with Crippen LogP contribution in [0, 0.1) is 0 Å². The molecule has 0 saturated heterocycles. The molecular formula is C36H62O6. The van der Waals surface area contributed by atoms with Crippen molar-refractivity contribution < 1.29 is 28.5 Å². The molecule has 0 unspecified atom stereocenters. The van der Waals surface area contributed by atoms with Crippen molar-refractivity contribution in [2.45, 2.75) is 144 Å². The monoisotopic (exact) mass is 590 g/mol. The van der Waals surface area contributed by atoms with Crippen LogP contribution in [-0.4, -0.2) is 39.0 Å². The molecule has 6 heteroatoms. The lowest BCUT2D eigenvalue weighted by Gasteiger charge is -2.22. The van der Waals surface area contributed by atoms with Gasteiger partial charge in [0.1, 0.15) is 0 Å². The first-order valence-electron chi connectivity index (χ1n) is 17.2. The summed E-state index contributed by atoms with van der Waals surface area (Å²) in [6, 6.07) is 1.94. The predicted molar refractivity (Wildman–Crippen MR) is 175 cm³/mol.